The van der Waals surface area contributed by atoms with Gasteiger partial charge >= 0.3 is 0 Å². The van der Waals surface area contributed by atoms with Crippen LogP contribution in [0.1, 0.15) is 20.3 Å². The van der Waals surface area contributed by atoms with Crippen LogP contribution in [0.3, 0.4) is 0 Å². The van der Waals surface area contributed by atoms with E-state index >= 15 is 0 Å². The molecule has 3 atom stereocenters. The standard InChI is InChI=1S/C10H14Br2O/c1-10(2)8(11)5-7-6(9(10)12)3-4-13-7/h3,7-9H,4-5H2,1-2H3. The first-order valence-corrected chi connectivity index (χ1v) is 6.46. The third-order valence-electron chi connectivity index (χ3n) is 3.16. The summed E-state index contributed by atoms with van der Waals surface area (Å²) in [5, 5.41) is 0. The zero-order chi connectivity index (χ0) is 9.64. The third kappa shape index (κ3) is 1.53. The summed E-state index contributed by atoms with van der Waals surface area (Å²) in [4.78, 5) is 0.982. The predicted molar refractivity (Wildman–Crippen MR) is 61.7 cm³/mol. The minimum absolute atomic E-state index is 0.274. The second-order valence-electron chi connectivity index (χ2n) is 4.41. The van der Waals surface area contributed by atoms with E-state index in [9.17, 15) is 0 Å². The minimum Gasteiger partial charge on any atom is -0.370 e. The third-order valence-corrected chi connectivity index (χ3v) is 6.42. The van der Waals surface area contributed by atoms with E-state index in [2.05, 4.69) is 51.8 Å². The number of hydrogen-bond acceptors (Lipinski definition) is 1. The molecule has 0 saturated heterocycles. The second-order valence-corrected chi connectivity index (χ2v) is 6.43. The van der Waals surface area contributed by atoms with E-state index in [0.29, 0.717) is 15.8 Å². The lowest BCUT2D eigenvalue weighted by Crippen LogP contribution is -2.44. The molecule has 1 saturated carbocycles. The maximum atomic E-state index is 5.64. The number of halogens is 2. The van der Waals surface area contributed by atoms with Crippen LogP contribution < -0.4 is 0 Å². The van der Waals surface area contributed by atoms with Gasteiger partial charge in [0.15, 0.2) is 0 Å². The molecule has 1 nitrogen and oxygen atoms in total. The quantitative estimate of drug-likeness (QED) is 0.493. The molecular formula is C10H14Br2O. The molecule has 13 heavy (non-hydrogen) atoms. The molecule has 0 spiro atoms. The fourth-order valence-electron chi connectivity index (χ4n) is 2.04. The molecule has 0 N–H and O–H groups in total. The van der Waals surface area contributed by atoms with E-state index in [4.69, 9.17) is 4.74 Å². The van der Waals surface area contributed by atoms with Gasteiger partial charge in [-0.1, -0.05) is 51.8 Å². The van der Waals surface area contributed by atoms with E-state index in [1.54, 1.807) is 0 Å². The molecule has 0 radical (unpaired) electrons. The Hall–Kier alpha value is 0.660. The van der Waals surface area contributed by atoms with Crippen molar-refractivity contribution in [1.29, 1.82) is 0 Å². The molecule has 2 aliphatic rings. The highest BCUT2D eigenvalue weighted by atomic mass is 79.9. The summed E-state index contributed by atoms with van der Waals surface area (Å²) in [6.45, 7) is 5.38. The Morgan fingerprint density at radius 2 is 2.15 bits per heavy atom. The Bertz CT molecular complexity index is 247. The molecule has 0 amide bonds. The average Bonchev–Trinajstić information content (AvgIpc) is 2.49. The number of ether oxygens (including phenoxy) is 1. The monoisotopic (exact) mass is 308 g/mol. The van der Waals surface area contributed by atoms with Crippen LogP contribution in [0.25, 0.3) is 0 Å². The molecule has 1 aliphatic heterocycles. The van der Waals surface area contributed by atoms with Gasteiger partial charge < -0.3 is 4.74 Å². The Balaban J connectivity index is 2.28. The lowest BCUT2D eigenvalue weighted by molar-refractivity contribution is 0.0875. The van der Waals surface area contributed by atoms with Gasteiger partial charge in [0.05, 0.1) is 12.7 Å². The van der Waals surface area contributed by atoms with Crippen LogP contribution >= 0.6 is 31.9 Å². The zero-order valence-corrected chi connectivity index (χ0v) is 11.1. The molecule has 0 aromatic rings. The number of hydrogen-bond donors (Lipinski definition) is 0. The summed E-state index contributed by atoms with van der Waals surface area (Å²) >= 11 is 7.53. The summed E-state index contributed by atoms with van der Waals surface area (Å²) in [6, 6.07) is 0. The van der Waals surface area contributed by atoms with Gasteiger partial charge in [0.2, 0.25) is 0 Å². The summed E-state index contributed by atoms with van der Waals surface area (Å²) in [5.74, 6) is 0. The SMILES string of the molecule is CC1(C)C(Br)CC2OCC=C2C1Br. The lowest BCUT2D eigenvalue weighted by atomic mass is 9.74. The summed E-state index contributed by atoms with van der Waals surface area (Å²) < 4.78 is 5.64. The molecule has 1 aliphatic carbocycles. The van der Waals surface area contributed by atoms with Crippen LogP contribution in [0.2, 0.25) is 0 Å². The molecule has 3 unspecified atom stereocenters. The van der Waals surface area contributed by atoms with Crippen molar-refractivity contribution in [2.75, 3.05) is 6.61 Å². The van der Waals surface area contributed by atoms with Gasteiger partial charge in [-0.05, 0) is 17.4 Å². The Labute approximate surface area is 96.2 Å². The summed E-state index contributed by atoms with van der Waals surface area (Å²) in [6.07, 6.45) is 3.67. The maximum Gasteiger partial charge on any atom is 0.0812 e. The lowest BCUT2D eigenvalue weighted by Gasteiger charge is -2.43. The van der Waals surface area contributed by atoms with Crippen molar-refractivity contribution in [2.24, 2.45) is 5.41 Å². The van der Waals surface area contributed by atoms with E-state index in [1.165, 1.54) is 5.57 Å². The van der Waals surface area contributed by atoms with Gasteiger partial charge in [0.1, 0.15) is 0 Å². The first kappa shape index (κ1) is 10.2. The maximum absolute atomic E-state index is 5.64. The van der Waals surface area contributed by atoms with Gasteiger partial charge in [0.25, 0.3) is 0 Å². The minimum atomic E-state index is 0.274. The van der Waals surface area contributed by atoms with Crippen molar-refractivity contribution in [1.82, 2.24) is 0 Å². The van der Waals surface area contributed by atoms with Crippen molar-refractivity contribution >= 4 is 31.9 Å². The first-order chi connectivity index (χ1) is 6.03. The largest absolute Gasteiger partial charge is 0.370 e. The predicted octanol–water partition coefficient (Wildman–Crippen LogP) is 3.27. The van der Waals surface area contributed by atoms with E-state index in [1.807, 2.05) is 0 Å². The van der Waals surface area contributed by atoms with Crippen LogP contribution in [0, 0.1) is 5.41 Å². The van der Waals surface area contributed by atoms with Crippen LogP contribution in [0.15, 0.2) is 11.6 Å². The average molecular weight is 310 g/mol. The highest BCUT2D eigenvalue weighted by Crippen LogP contribution is 2.48. The number of rotatable bonds is 0. The Morgan fingerprint density at radius 3 is 2.85 bits per heavy atom. The molecule has 2 rings (SSSR count). The van der Waals surface area contributed by atoms with Crippen molar-refractivity contribution in [3.8, 4) is 0 Å². The number of fused-ring (bicyclic) bond motifs is 1. The molecule has 1 fully saturated rings. The van der Waals surface area contributed by atoms with E-state index in [-0.39, 0.29) is 5.41 Å². The fourth-order valence-corrected chi connectivity index (χ4v) is 3.80. The summed E-state index contributed by atoms with van der Waals surface area (Å²) in [7, 11) is 0. The van der Waals surface area contributed by atoms with Crippen molar-refractivity contribution in [2.45, 2.75) is 36.0 Å². The van der Waals surface area contributed by atoms with Crippen LogP contribution in [-0.4, -0.2) is 22.4 Å². The zero-order valence-electron chi connectivity index (χ0n) is 7.89. The molecule has 0 aromatic heterocycles. The van der Waals surface area contributed by atoms with Gasteiger partial charge in [-0.2, -0.15) is 0 Å². The number of alkyl halides is 2. The van der Waals surface area contributed by atoms with E-state index < -0.39 is 0 Å². The van der Waals surface area contributed by atoms with Crippen LogP contribution in [-0.2, 0) is 4.74 Å². The van der Waals surface area contributed by atoms with Gasteiger partial charge in [-0.15, -0.1) is 0 Å². The van der Waals surface area contributed by atoms with Gasteiger partial charge in [-0.25, -0.2) is 0 Å². The second kappa shape index (κ2) is 3.35. The topological polar surface area (TPSA) is 9.23 Å². The molecule has 1 heterocycles. The smallest absolute Gasteiger partial charge is 0.0812 e. The molecule has 0 aromatic carbocycles. The Morgan fingerprint density at radius 1 is 1.46 bits per heavy atom. The van der Waals surface area contributed by atoms with Crippen molar-refractivity contribution in [3.63, 3.8) is 0 Å². The highest BCUT2D eigenvalue weighted by Gasteiger charge is 2.46. The molecule has 74 valence electrons. The van der Waals surface area contributed by atoms with Crippen LogP contribution in [0.5, 0.6) is 0 Å². The molecule has 3 heteroatoms. The molecule has 0 bridgehead atoms. The first-order valence-electron chi connectivity index (χ1n) is 4.63. The summed E-state index contributed by atoms with van der Waals surface area (Å²) in [5.41, 5.74) is 1.72. The van der Waals surface area contributed by atoms with E-state index in [0.717, 1.165) is 13.0 Å². The van der Waals surface area contributed by atoms with Crippen molar-refractivity contribution in [3.05, 3.63) is 11.6 Å². The fraction of sp³-hybridized carbons (Fsp3) is 0.800. The van der Waals surface area contributed by atoms with Gasteiger partial charge in [-0.3, -0.25) is 0 Å². The van der Waals surface area contributed by atoms with Crippen LogP contribution in [0.4, 0.5) is 0 Å². The molecular weight excluding hydrogens is 296 g/mol. The van der Waals surface area contributed by atoms with Crippen molar-refractivity contribution < 1.29 is 4.74 Å². The Kier molecular flexibility index (Phi) is 2.63. The van der Waals surface area contributed by atoms with Gasteiger partial charge in [0, 0.05) is 9.65 Å². The highest BCUT2D eigenvalue weighted by molar-refractivity contribution is 9.10. The normalized spacial score (nSPS) is 42.8.